The number of hydrogen-bond donors (Lipinski definition) is 3. The van der Waals surface area contributed by atoms with Crippen LogP contribution < -0.4 is 16.0 Å². The Kier molecular flexibility index (Phi) is 5.13. The summed E-state index contributed by atoms with van der Waals surface area (Å²) in [7, 11) is 2.77. The van der Waals surface area contributed by atoms with Crippen LogP contribution in [0.5, 0.6) is 0 Å². The minimum absolute atomic E-state index is 0.153. The van der Waals surface area contributed by atoms with Crippen molar-refractivity contribution in [1.29, 1.82) is 0 Å². The van der Waals surface area contributed by atoms with Gasteiger partial charge in [0.15, 0.2) is 0 Å². The molecule has 0 unspecified atom stereocenters. The summed E-state index contributed by atoms with van der Waals surface area (Å²) in [4.78, 5) is 49.2. The Hall–Kier alpha value is -2.94. The van der Waals surface area contributed by atoms with E-state index >= 15 is 0 Å². The Labute approximate surface area is 155 Å². The lowest BCUT2D eigenvalue weighted by molar-refractivity contribution is -0.162. The maximum Gasteiger partial charge on any atom is 0.331 e. The van der Waals surface area contributed by atoms with E-state index in [1.807, 2.05) is 0 Å². The van der Waals surface area contributed by atoms with Gasteiger partial charge in [0, 0.05) is 20.0 Å². The number of nitrogens with one attached hydrogen (secondary N) is 3. The van der Waals surface area contributed by atoms with Crippen LogP contribution in [0.15, 0.2) is 24.3 Å². The van der Waals surface area contributed by atoms with Crippen LogP contribution in [0.1, 0.15) is 29.6 Å². The molecule has 1 aliphatic heterocycles. The molecule has 0 spiro atoms. The largest absolute Gasteiger partial charge is 0.467 e. The minimum atomic E-state index is -1.17. The molecule has 3 N–H and O–H groups in total. The van der Waals surface area contributed by atoms with Gasteiger partial charge in [0.1, 0.15) is 11.6 Å². The van der Waals surface area contributed by atoms with Gasteiger partial charge in [0.25, 0.3) is 5.91 Å². The molecule has 2 aliphatic rings. The predicted molar refractivity (Wildman–Crippen MR) is 93.9 cm³/mol. The topological polar surface area (TPSA) is 123 Å². The number of carbonyl (C=O) groups excluding carboxylic acids is 4. The SMILES string of the molecule is COC(=O)C1(NC(=O)C[C@@H]2NC(=O)c3ccccc3NC2=O)CC(OC)C1. The van der Waals surface area contributed by atoms with Crippen LogP contribution >= 0.6 is 0 Å². The summed E-state index contributed by atoms with van der Waals surface area (Å²) >= 11 is 0. The molecule has 1 atom stereocenters. The highest BCUT2D eigenvalue weighted by Gasteiger charge is 2.53. The van der Waals surface area contributed by atoms with Crippen molar-refractivity contribution in [2.75, 3.05) is 19.5 Å². The quantitative estimate of drug-likeness (QED) is 0.621. The molecule has 1 aromatic carbocycles. The van der Waals surface area contributed by atoms with Crippen LogP contribution in [0.4, 0.5) is 5.69 Å². The number of ether oxygens (including phenoxy) is 2. The van der Waals surface area contributed by atoms with Crippen molar-refractivity contribution in [3.05, 3.63) is 29.8 Å². The maximum absolute atomic E-state index is 12.5. The van der Waals surface area contributed by atoms with Gasteiger partial charge in [-0.1, -0.05) is 12.1 Å². The molecule has 1 heterocycles. The van der Waals surface area contributed by atoms with Gasteiger partial charge >= 0.3 is 5.97 Å². The minimum Gasteiger partial charge on any atom is -0.467 e. The Morgan fingerprint density at radius 2 is 1.93 bits per heavy atom. The molecule has 0 radical (unpaired) electrons. The molecular formula is C18H21N3O6. The monoisotopic (exact) mass is 375 g/mol. The molecule has 1 saturated carbocycles. The lowest BCUT2D eigenvalue weighted by Crippen LogP contribution is -2.65. The number of anilines is 1. The molecule has 0 bridgehead atoms. The van der Waals surface area contributed by atoms with Crippen LogP contribution in [0.3, 0.4) is 0 Å². The fourth-order valence-electron chi connectivity index (χ4n) is 3.36. The fourth-order valence-corrected chi connectivity index (χ4v) is 3.36. The van der Waals surface area contributed by atoms with Crippen LogP contribution in [0, 0.1) is 0 Å². The molecule has 144 valence electrons. The number of hydrogen-bond acceptors (Lipinski definition) is 6. The van der Waals surface area contributed by atoms with Crippen molar-refractivity contribution in [3.8, 4) is 0 Å². The van der Waals surface area contributed by atoms with Gasteiger partial charge in [0.2, 0.25) is 11.8 Å². The van der Waals surface area contributed by atoms with Gasteiger partial charge in [-0.3, -0.25) is 14.4 Å². The van der Waals surface area contributed by atoms with Crippen LogP contribution in [0.25, 0.3) is 0 Å². The van der Waals surface area contributed by atoms with Crippen molar-refractivity contribution < 1.29 is 28.7 Å². The van der Waals surface area contributed by atoms with Crippen molar-refractivity contribution in [1.82, 2.24) is 10.6 Å². The van der Waals surface area contributed by atoms with E-state index in [9.17, 15) is 19.2 Å². The third kappa shape index (κ3) is 3.63. The zero-order chi connectivity index (χ0) is 19.6. The molecule has 1 aromatic rings. The molecule has 27 heavy (non-hydrogen) atoms. The Morgan fingerprint density at radius 1 is 1.22 bits per heavy atom. The number of para-hydroxylation sites is 1. The zero-order valence-corrected chi connectivity index (χ0v) is 15.0. The third-order valence-corrected chi connectivity index (χ3v) is 4.88. The number of carbonyl (C=O) groups is 4. The Bertz CT molecular complexity index is 787. The number of fused-ring (bicyclic) bond motifs is 1. The van der Waals surface area contributed by atoms with E-state index in [0.717, 1.165) is 0 Å². The van der Waals surface area contributed by atoms with Gasteiger partial charge in [-0.15, -0.1) is 0 Å². The second-order valence-corrected chi connectivity index (χ2v) is 6.65. The first kappa shape index (κ1) is 18.8. The van der Waals surface area contributed by atoms with Crippen molar-refractivity contribution in [2.45, 2.75) is 36.9 Å². The highest BCUT2D eigenvalue weighted by molar-refractivity contribution is 6.10. The van der Waals surface area contributed by atoms with Gasteiger partial charge < -0.3 is 25.4 Å². The summed E-state index contributed by atoms with van der Waals surface area (Å²) in [5.74, 6) is -2.06. The van der Waals surface area contributed by atoms with Crippen LogP contribution in [0.2, 0.25) is 0 Å². The molecule has 0 saturated heterocycles. The summed E-state index contributed by atoms with van der Waals surface area (Å²) in [6.07, 6.45) is 0.120. The highest BCUT2D eigenvalue weighted by Crippen LogP contribution is 2.35. The average molecular weight is 375 g/mol. The second kappa shape index (κ2) is 7.36. The molecule has 3 amide bonds. The molecule has 9 heteroatoms. The summed E-state index contributed by atoms with van der Waals surface area (Å²) in [6, 6.07) is 5.51. The van der Waals surface area contributed by atoms with Crippen molar-refractivity contribution in [2.24, 2.45) is 0 Å². The van der Waals surface area contributed by atoms with Crippen LogP contribution in [-0.4, -0.2) is 55.6 Å². The van der Waals surface area contributed by atoms with Gasteiger partial charge in [0.05, 0.1) is 30.9 Å². The first-order valence-electron chi connectivity index (χ1n) is 8.51. The standard InChI is InChI=1S/C18H21N3O6/c1-26-10-8-18(9-10,17(25)27-2)21-14(22)7-13-16(24)19-12-6-4-3-5-11(12)15(23)20-13/h3-6,10,13H,7-9H2,1-2H3,(H,19,24)(H,20,23)(H,21,22)/t10?,13-,18?/m0/s1. The molecule has 3 rings (SSSR count). The lowest BCUT2D eigenvalue weighted by Gasteiger charge is -2.44. The van der Waals surface area contributed by atoms with E-state index in [0.29, 0.717) is 11.3 Å². The number of amides is 3. The molecule has 1 fully saturated rings. The average Bonchev–Trinajstić information content (AvgIpc) is 2.74. The van der Waals surface area contributed by atoms with E-state index < -0.39 is 35.3 Å². The van der Waals surface area contributed by atoms with Crippen molar-refractivity contribution in [3.63, 3.8) is 0 Å². The maximum atomic E-state index is 12.5. The number of benzene rings is 1. The first-order valence-corrected chi connectivity index (χ1v) is 8.51. The second-order valence-electron chi connectivity index (χ2n) is 6.65. The first-order chi connectivity index (χ1) is 12.9. The molecule has 9 nitrogen and oxygen atoms in total. The lowest BCUT2D eigenvalue weighted by atomic mass is 9.74. The third-order valence-electron chi connectivity index (χ3n) is 4.88. The smallest absolute Gasteiger partial charge is 0.331 e. The molecular weight excluding hydrogens is 354 g/mol. The number of rotatable bonds is 5. The predicted octanol–water partition coefficient (Wildman–Crippen LogP) is -0.0360. The Balaban J connectivity index is 1.68. The van der Waals surface area contributed by atoms with E-state index in [-0.39, 0.29) is 25.4 Å². The van der Waals surface area contributed by atoms with E-state index in [1.165, 1.54) is 14.2 Å². The van der Waals surface area contributed by atoms with E-state index in [1.54, 1.807) is 24.3 Å². The summed E-state index contributed by atoms with van der Waals surface area (Å²) in [5, 5.41) is 7.83. The molecule has 0 aromatic heterocycles. The van der Waals surface area contributed by atoms with E-state index in [2.05, 4.69) is 16.0 Å². The summed E-state index contributed by atoms with van der Waals surface area (Å²) in [6.45, 7) is 0. The Morgan fingerprint density at radius 3 is 2.59 bits per heavy atom. The van der Waals surface area contributed by atoms with Gasteiger partial charge in [-0.2, -0.15) is 0 Å². The number of methoxy groups -OCH3 is 2. The van der Waals surface area contributed by atoms with Crippen LogP contribution in [-0.2, 0) is 23.9 Å². The summed E-state index contributed by atoms with van der Waals surface area (Å²) in [5.41, 5.74) is -0.460. The van der Waals surface area contributed by atoms with E-state index in [4.69, 9.17) is 9.47 Å². The highest BCUT2D eigenvalue weighted by atomic mass is 16.5. The van der Waals surface area contributed by atoms with Crippen molar-refractivity contribution >= 4 is 29.4 Å². The van der Waals surface area contributed by atoms with Gasteiger partial charge in [-0.25, -0.2) is 4.79 Å². The zero-order valence-electron chi connectivity index (χ0n) is 15.0. The fraction of sp³-hybridized carbons (Fsp3) is 0.444. The molecule has 1 aliphatic carbocycles. The number of esters is 1. The normalized spacial score (nSPS) is 26.6. The van der Waals surface area contributed by atoms with Gasteiger partial charge in [-0.05, 0) is 12.1 Å². The summed E-state index contributed by atoms with van der Waals surface area (Å²) < 4.78 is 9.95.